The number of hydrogen-bond acceptors (Lipinski definition) is 3. The number of rotatable bonds is 2. The van der Waals surface area contributed by atoms with Gasteiger partial charge in [0.1, 0.15) is 0 Å². The van der Waals surface area contributed by atoms with Gasteiger partial charge in [0.15, 0.2) is 0 Å². The number of thiophene rings is 1. The van der Waals surface area contributed by atoms with Crippen molar-refractivity contribution in [1.29, 1.82) is 0 Å². The summed E-state index contributed by atoms with van der Waals surface area (Å²) in [5.41, 5.74) is -3.56. The molecule has 152 valence electrons. The van der Waals surface area contributed by atoms with E-state index in [9.17, 15) is 31.1 Å². The van der Waals surface area contributed by atoms with E-state index in [1.807, 2.05) is 17.5 Å². The molecule has 0 saturated carbocycles. The highest BCUT2D eigenvalue weighted by Crippen LogP contribution is 2.38. The first-order chi connectivity index (χ1) is 13.1. The normalized spacial score (nSPS) is 18.8. The standard InChI is InChI=1S/C18H15F6NOS2/c19-17(20,21)12-8-11(9-13(10-12)18(22,23)24)16(26)25-4-3-15(28-7-5-25)14-2-1-6-27-14/h1-2,6,8-10,15H,3-5,7H2. The van der Waals surface area contributed by atoms with E-state index in [0.717, 1.165) is 4.88 Å². The number of hydrogen-bond donors (Lipinski definition) is 0. The SMILES string of the molecule is O=C(c1cc(C(F)(F)F)cc(C(F)(F)F)c1)N1CCSC(c2cccs2)CC1. The summed E-state index contributed by atoms with van der Waals surface area (Å²) in [5.74, 6) is -0.261. The maximum absolute atomic E-state index is 13.0. The lowest BCUT2D eigenvalue weighted by Crippen LogP contribution is -2.33. The third-order valence-electron chi connectivity index (χ3n) is 4.32. The summed E-state index contributed by atoms with van der Waals surface area (Å²) >= 11 is 3.21. The Kier molecular flexibility index (Phi) is 6.00. The van der Waals surface area contributed by atoms with E-state index in [0.29, 0.717) is 24.3 Å². The van der Waals surface area contributed by atoms with Gasteiger partial charge in [-0.15, -0.1) is 11.3 Å². The zero-order chi connectivity index (χ0) is 20.5. The molecule has 10 heteroatoms. The third-order valence-corrected chi connectivity index (χ3v) is 6.77. The highest BCUT2D eigenvalue weighted by molar-refractivity contribution is 7.99. The van der Waals surface area contributed by atoms with Crippen molar-refractivity contribution in [1.82, 2.24) is 4.90 Å². The van der Waals surface area contributed by atoms with Crippen LogP contribution in [0.4, 0.5) is 26.3 Å². The molecule has 1 saturated heterocycles. The minimum Gasteiger partial charge on any atom is -0.338 e. The minimum absolute atomic E-state index is 0.0296. The Labute approximate surface area is 165 Å². The second-order valence-electron chi connectivity index (χ2n) is 6.25. The van der Waals surface area contributed by atoms with Gasteiger partial charge in [-0.2, -0.15) is 38.1 Å². The van der Waals surface area contributed by atoms with Crippen molar-refractivity contribution in [2.45, 2.75) is 24.0 Å². The summed E-state index contributed by atoms with van der Waals surface area (Å²) in [6.45, 7) is 0.537. The number of alkyl halides is 6. The monoisotopic (exact) mass is 439 g/mol. The van der Waals surface area contributed by atoms with Crippen molar-refractivity contribution in [2.24, 2.45) is 0 Å². The van der Waals surface area contributed by atoms with Crippen molar-refractivity contribution in [3.63, 3.8) is 0 Å². The lowest BCUT2D eigenvalue weighted by atomic mass is 10.0. The summed E-state index contributed by atoms with van der Waals surface area (Å²) in [7, 11) is 0. The van der Waals surface area contributed by atoms with Gasteiger partial charge in [0, 0.05) is 34.5 Å². The molecule has 0 radical (unpaired) electrons. The molecule has 3 rings (SSSR count). The lowest BCUT2D eigenvalue weighted by molar-refractivity contribution is -0.143. The highest BCUT2D eigenvalue weighted by atomic mass is 32.2. The molecular weight excluding hydrogens is 424 g/mol. The van der Waals surface area contributed by atoms with Crippen LogP contribution in [-0.2, 0) is 12.4 Å². The second-order valence-corrected chi connectivity index (χ2v) is 8.54. The number of amides is 1. The Balaban J connectivity index is 1.85. The van der Waals surface area contributed by atoms with Crippen LogP contribution in [0, 0.1) is 0 Å². The average molecular weight is 439 g/mol. The molecule has 2 aromatic rings. The summed E-state index contributed by atoms with van der Waals surface area (Å²) in [5, 5.41) is 2.09. The number of thioether (sulfide) groups is 1. The van der Waals surface area contributed by atoms with Gasteiger partial charge in [-0.25, -0.2) is 0 Å². The van der Waals surface area contributed by atoms with Gasteiger partial charge in [-0.05, 0) is 36.1 Å². The molecule has 1 aromatic heterocycles. The van der Waals surface area contributed by atoms with E-state index in [4.69, 9.17) is 0 Å². The Morgan fingerprint density at radius 1 is 1.00 bits per heavy atom. The molecule has 0 aliphatic carbocycles. The molecule has 2 heterocycles. The molecule has 0 N–H and O–H groups in total. The van der Waals surface area contributed by atoms with Gasteiger partial charge in [0.05, 0.1) is 11.1 Å². The van der Waals surface area contributed by atoms with E-state index in [1.54, 1.807) is 23.1 Å². The van der Waals surface area contributed by atoms with Crippen LogP contribution >= 0.6 is 23.1 Å². The molecular formula is C18H15F6NOS2. The van der Waals surface area contributed by atoms with Gasteiger partial charge < -0.3 is 4.90 Å². The van der Waals surface area contributed by atoms with Crippen molar-refractivity contribution in [3.8, 4) is 0 Å². The number of halogens is 6. The minimum atomic E-state index is -4.98. The van der Waals surface area contributed by atoms with Crippen LogP contribution in [0.3, 0.4) is 0 Å². The molecule has 2 nitrogen and oxygen atoms in total. The van der Waals surface area contributed by atoms with E-state index in [-0.39, 0.29) is 24.4 Å². The molecule has 28 heavy (non-hydrogen) atoms. The van der Waals surface area contributed by atoms with Gasteiger partial charge in [-0.1, -0.05) is 6.07 Å². The van der Waals surface area contributed by atoms with Crippen molar-refractivity contribution < 1.29 is 31.1 Å². The van der Waals surface area contributed by atoms with Crippen LogP contribution in [0.15, 0.2) is 35.7 Å². The number of carbonyl (C=O) groups is 1. The zero-order valence-corrected chi connectivity index (χ0v) is 15.9. The van der Waals surface area contributed by atoms with Gasteiger partial charge in [0.25, 0.3) is 5.91 Å². The largest absolute Gasteiger partial charge is 0.416 e. The maximum atomic E-state index is 13.0. The predicted octanol–water partition coefficient (Wildman–Crippen LogP) is 6.11. The third kappa shape index (κ3) is 4.83. The van der Waals surface area contributed by atoms with Crippen LogP contribution in [0.2, 0.25) is 0 Å². The van der Waals surface area contributed by atoms with Gasteiger partial charge in [0.2, 0.25) is 0 Å². The lowest BCUT2D eigenvalue weighted by Gasteiger charge is -2.22. The van der Waals surface area contributed by atoms with E-state index < -0.39 is 35.0 Å². The smallest absolute Gasteiger partial charge is 0.338 e. The first-order valence-electron chi connectivity index (χ1n) is 8.29. The fourth-order valence-corrected chi connectivity index (χ4v) is 5.17. The fraction of sp³-hybridized carbons (Fsp3) is 0.389. The van der Waals surface area contributed by atoms with Gasteiger partial charge in [-0.3, -0.25) is 4.79 Å². The Bertz CT molecular complexity index is 799. The number of carbonyl (C=O) groups excluding carboxylic acids is 1. The highest BCUT2D eigenvalue weighted by Gasteiger charge is 2.38. The molecule has 1 aliphatic rings. The van der Waals surface area contributed by atoms with E-state index in [2.05, 4.69) is 0 Å². The van der Waals surface area contributed by atoms with Crippen LogP contribution in [0.25, 0.3) is 0 Å². The molecule has 0 bridgehead atoms. The zero-order valence-electron chi connectivity index (χ0n) is 14.3. The molecule has 1 fully saturated rings. The first kappa shape index (κ1) is 21.0. The van der Waals surface area contributed by atoms with Crippen LogP contribution in [0.1, 0.15) is 38.0 Å². The second kappa shape index (κ2) is 7.98. The quantitative estimate of drug-likeness (QED) is 0.527. The Morgan fingerprint density at radius 2 is 1.64 bits per heavy atom. The molecule has 1 amide bonds. The molecule has 1 unspecified atom stereocenters. The van der Waals surface area contributed by atoms with Crippen LogP contribution in [-0.4, -0.2) is 29.6 Å². The summed E-state index contributed by atoms with van der Waals surface area (Å²) < 4.78 is 78.1. The van der Waals surface area contributed by atoms with Crippen LogP contribution < -0.4 is 0 Å². The van der Waals surface area contributed by atoms with E-state index >= 15 is 0 Å². The number of benzene rings is 1. The van der Waals surface area contributed by atoms with Crippen LogP contribution in [0.5, 0.6) is 0 Å². The van der Waals surface area contributed by atoms with Crippen molar-refractivity contribution >= 4 is 29.0 Å². The number of nitrogens with zero attached hydrogens (tertiary/aromatic N) is 1. The van der Waals surface area contributed by atoms with Gasteiger partial charge >= 0.3 is 12.4 Å². The Hall–Kier alpha value is -1.68. The molecule has 1 atom stereocenters. The topological polar surface area (TPSA) is 20.3 Å². The molecule has 1 aliphatic heterocycles. The molecule has 0 spiro atoms. The summed E-state index contributed by atoms with van der Waals surface area (Å²) in [4.78, 5) is 15.2. The summed E-state index contributed by atoms with van der Waals surface area (Å²) in [6, 6.07) is 4.90. The van der Waals surface area contributed by atoms with Crippen molar-refractivity contribution in [3.05, 3.63) is 57.3 Å². The predicted molar refractivity (Wildman–Crippen MR) is 96.5 cm³/mol. The fourth-order valence-electron chi connectivity index (χ4n) is 2.94. The first-order valence-corrected chi connectivity index (χ1v) is 10.2. The van der Waals surface area contributed by atoms with Crippen molar-refractivity contribution in [2.75, 3.05) is 18.8 Å². The molecule has 1 aromatic carbocycles. The Morgan fingerprint density at radius 3 is 2.18 bits per heavy atom. The average Bonchev–Trinajstić information content (AvgIpc) is 3.04. The summed E-state index contributed by atoms with van der Waals surface area (Å²) in [6.07, 6.45) is -9.37. The van der Waals surface area contributed by atoms with E-state index in [1.165, 1.54) is 4.90 Å². The maximum Gasteiger partial charge on any atom is 0.416 e.